The number of sulfonamides is 1. The molecule has 0 radical (unpaired) electrons. The van der Waals surface area contributed by atoms with Crippen LogP contribution in [-0.4, -0.2) is 42.0 Å². The zero-order valence-electron chi connectivity index (χ0n) is 12.9. The molecule has 1 saturated heterocycles. The van der Waals surface area contributed by atoms with E-state index in [2.05, 4.69) is 4.98 Å². The average molecular weight is 382 g/mol. The Morgan fingerprint density at radius 2 is 2.12 bits per heavy atom. The van der Waals surface area contributed by atoms with Crippen LogP contribution < -0.4 is 0 Å². The number of β-amino-alcohol motifs (C(OH)–C–C–N with tert-alkyl or cyclic N) is 1. The molecule has 1 aliphatic rings. The summed E-state index contributed by atoms with van der Waals surface area (Å²) in [7, 11) is -3.76. The molecule has 3 rings (SSSR count). The van der Waals surface area contributed by atoms with Crippen LogP contribution in [0.4, 0.5) is 4.39 Å². The standard InChI is InChI=1S/C16H13ClFN3O3S/c17-13-7-11(25(23,24)21-6-5-10(22)9-21)1-2-12(13)15-4-3-14(18)16(8-19)20-15/h1-4,7,10,22H,5-6,9H2/t10-/m1/s1. The van der Waals surface area contributed by atoms with Gasteiger partial charge in [-0.05, 0) is 36.8 Å². The zero-order chi connectivity index (χ0) is 18.2. The van der Waals surface area contributed by atoms with Gasteiger partial charge in [-0.2, -0.15) is 9.57 Å². The third-order valence-electron chi connectivity index (χ3n) is 3.93. The maximum atomic E-state index is 13.4. The van der Waals surface area contributed by atoms with E-state index in [0.29, 0.717) is 12.0 Å². The molecule has 2 aromatic rings. The van der Waals surface area contributed by atoms with Gasteiger partial charge in [0.2, 0.25) is 10.0 Å². The van der Waals surface area contributed by atoms with E-state index in [1.165, 1.54) is 28.6 Å². The minimum Gasteiger partial charge on any atom is -0.392 e. The molecule has 1 aromatic carbocycles. The van der Waals surface area contributed by atoms with Gasteiger partial charge in [0, 0.05) is 18.7 Å². The maximum absolute atomic E-state index is 13.4. The largest absolute Gasteiger partial charge is 0.392 e. The third-order valence-corrected chi connectivity index (χ3v) is 6.11. The van der Waals surface area contributed by atoms with Gasteiger partial charge in [0.25, 0.3) is 0 Å². The number of nitriles is 1. The van der Waals surface area contributed by atoms with E-state index in [9.17, 15) is 17.9 Å². The first-order chi connectivity index (χ1) is 11.8. The molecule has 0 saturated carbocycles. The molecular formula is C16H13ClFN3O3S. The van der Waals surface area contributed by atoms with E-state index >= 15 is 0 Å². The third kappa shape index (κ3) is 3.37. The molecule has 1 aliphatic heterocycles. The van der Waals surface area contributed by atoms with Gasteiger partial charge in [0.05, 0.1) is 21.7 Å². The molecule has 1 N–H and O–H groups in total. The number of aliphatic hydroxyl groups excluding tert-OH is 1. The number of halogens is 2. The highest BCUT2D eigenvalue weighted by molar-refractivity contribution is 7.89. The molecule has 25 heavy (non-hydrogen) atoms. The molecule has 1 aromatic heterocycles. The summed E-state index contributed by atoms with van der Waals surface area (Å²) in [5.41, 5.74) is 0.290. The molecule has 0 amide bonds. The monoisotopic (exact) mass is 381 g/mol. The Bertz CT molecular complexity index is 975. The molecule has 6 nitrogen and oxygen atoms in total. The van der Waals surface area contributed by atoms with Gasteiger partial charge in [-0.3, -0.25) is 0 Å². The summed E-state index contributed by atoms with van der Waals surface area (Å²) >= 11 is 6.19. The Morgan fingerprint density at radius 3 is 2.72 bits per heavy atom. The number of hydrogen-bond acceptors (Lipinski definition) is 5. The molecule has 1 atom stereocenters. The molecule has 0 spiro atoms. The minimum absolute atomic E-state index is 0.00188. The quantitative estimate of drug-likeness (QED) is 0.879. The van der Waals surface area contributed by atoms with Crippen molar-refractivity contribution in [1.82, 2.24) is 9.29 Å². The van der Waals surface area contributed by atoms with Crippen LogP contribution in [0, 0.1) is 17.1 Å². The first-order valence-corrected chi connectivity index (χ1v) is 9.19. The van der Waals surface area contributed by atoms with Gasteiger partial charge in [-0.1, -0.05) is 11.6 Å². The topological polar surface area (TPSA) is 94.3 Å². The summed E-state index contributed by atoms with van der Waals surface area (Å²) in [6, 6.07) is 8.23. The molecule has 0 aliphatic carbocycles. The first kappa shape index (κ1) is 17.8. The lowest BCUT2D eigenvalue weighted by Crippen LogP contribution is -2.29. The summed E-state index contributed by atoms with van der Waals surface area (Å²) < 4.78 is 39.7. The smallest absolute Gasteiger partial charge is 0.243 e. The van der Waals surface area contributed by atoms with E-state index < -0.39 is 21.9 Å². The number of nitrogens with zero attached hydrogens (tertiary/aromatic N) is 3. The minimum atomic E-state index is -3.76. The lowest BCUT2D eigenvalue weighted by Gasteiger charge is -2.16. The Hall–Kier alpha value is -2.05. The summed E-state index contributed by atoms with van der Waals surface area (Å²) in [5.74, 6) is -0.742. The second-order valence-electron chi connectivity index (χ2n) is 5.59. The van der Waals surface area contributed by atoms with E-state index in [0.717, 1.165) is 6.07 Å². The van der Waals surface area contributed by atoms with Crippen molar-refractivity contribution < 1.29 is 17.9 Å². The molecule has 9 heteroatoms. The SMILES string of the molecule is N#Cc1nc(-c2ccc(S(=O)(=O)N3CC[C@@H](O)C3)cc2Cl)ccc1F. The molecule has 0 bridgehead atoms. The summed E-state index contributed by atoms with van der Waals surface area (Å²) in [6.45, 7) is 0.292. The van der Waals surface area contributed by atoms with Crippen LogP contribution in [0.5, 0.6) is 0 Å². The average Bonchev–Trinajstić information content (AvgIpc) is 3.03. The van der Waals surface area contributed by atoms with Crippen LogP contribution in [0.15, 0.2) is 35.2 Å². The second-order valence-corrected chi connectivity index (χ2v) is 7.93. The van der Waals surface area contributed by atoms with Crippen molar-refractivity contribution in [2.75, 3.05) is 13.1 Å². The van der Waals surface area contributed by atoms with Crippen LogP contribution in [0.25, 0.3) is 11.3 Å². The van der Waals surface area contributed by atoms with Crippen molar-refractivity contribution in [3.05, 3.63) is 46.9 Å². The number of benzene rings is 1. The highest BCUT2D eigenvalue weighted by Crippen LogP contribution is 2.31. The first-order valence-electron chi connectivity index (χ1n) is 7.37. The van der Waals surface area contributed by atoms with E-state index in [4.69, 9.17) is 16.9 Å². The summed E-state index contributed by atoms with van der Waals surface area (Å²) in [4.78, 5) is 3.89. The van der Waals surface area contributed by atoms with Gasteiger partial charge in [-0.15, -0.1) is 0 Å². The fourth-order valence-corrected chi connectivity index (χ4v) is 4.47. The van der Waals surface area contributed by atoms with Gasteiger partial charge < -0.3 is 5.11 Å². The van der Waals surface area contributed by atoms with Crippen molar-refractivity contribution in [2.24, 2.45) is 0 Å². The normalized spacial score (nSPS) is 18.2. The zero-order valence-corrected chi connectivity index (χ0v) is 14.4. The Morgan fingerprint density at radius 1 is 1.36 bits per heavy atom. The number of hydrogen-bond donors (Lipinski definition) is 1. The van der Waals surface area contributed by atoms with Gasteiger partial charge >= 0.3 is 0 Å². The van der Waals surface area contributed by atoms with Crippen LogP contribution in [-0.2, 0) is 10.0 Å². The van der Waals surface area contributed by atoms with Gasteiger partial charge in [0.15, 0.2) is 11.5 Å². The van der Waals surface area contributed by atoms with Crippen LogP contribution in [0.3, 0.4) is 0 Å². The Labute approximate surface area is 149 Å². The van der Waals surface area contributed by atoms with E-state index in [1.54, 1.807) is 6.07 Å². The van der Waals surface area contributed by atoms with Crippen molar-refractivity contribution in [2.45, 2.75) is 17.4 Å². The summed E-state index contributed by atoms with van der Waals surface area (Å²) in [6.07, 6.45) is -0.279. The van der Waals surface area contributed by atoms with Crippen molar-refractivity contribution in [1.29, 1.82) is 5.26 Å². The lowest BCUT2D eigenvalue weighted by molar-refractivity contribution is 0.189. The molecular weight excluding hydrogens is 369 g/mol. The molecule has 130 valence electrons. The highest BCUT2D eigenvalue weighted by Gasteiger charge is 2.32. The Kier molecular flexibility index (Phi) is 4.75. The lowest BCUT2D eigenvalue weighted by atomic mass is 10.1. The summed E-state index contributed by atoms with van der Waals surface area (Å²) in [5, 5.41) is 18.5. The number of aliphatic hydroxyl groups is 1. The molecule has 0 unspecified atom stereocenters. The van der Waals surface area contributed by atoms with Crippen LogP contribution in [0.2, 0.25) is 5.02 Å². The van der Waals surface area contributed by atoms with Gasteiger partial charge in [-0.25, -0.2) is 17.8 Å². The van der Waals surface area contributed by atoms with E-state index in [1.807, 2.05) is 0 Å². The highest BCUT2D eigenvalue weighted by atomic mass is 35.5. The Balaban J connectivity index is 1.98. The van der Waals surface area contributed by atoms with Crippen LogP contribution in [0.1, 0.15) is 12.1 Å². The predicted octanol–water partition coefficient (Wildman–Crippen LogP) is 2.17. The van der Waals surface area contributed by atoms with Crippen molar-refractivity contribution in [3.8, 4) is 17.3 Å². The van der Waals surface area contributed by atoms with Crippen molar-refractivity contribution in [3.63, 3.8) is 0 Å². The number of rotatable bonds is 3. The number of aromatic nitrogens is 1. The molecule has 1 fully saturated rings. The fourth-order valence-electron chi connectivity index (χ4n) is 2.61. The van der Waals surface area contributed by atoms with Gasteiger partial charge in [0.1, 0.15) is 6.07 Å². The molecule has 2 heterocycles. The predicted molar refractivity (Wildman–Crippen MR) is 88.7 cm³/mol. The van der Waals surface area contributed by atoms with Crippen molar-refractivity contribution >= 4 is 21.6 Å². The van der Waals surface area contributed by atoms with Crippen LogP contribution >= 0.6 is 11.6 Å². The van der Waals surface area contributed by atoms with E-state index in [-0.39, 0.29) is 34.4 Å². The maximum Gasteiger partial charge on any atom is 0.243 e. The number of pyridine rings is 1. The second kappa shape index (κ2) is 6.69. The fraction of sp³-hybridized carbons (Fsp3) is 0.250.